The summed E-state index contributed by atoms with van der Waals surface area (Å²) in [5.74, 6) is -2.01. The van der Waals surface area contributed by atoms with Crippen LogP contribution in [0.25, 0.3) is 0 Å². The average Bonchev–Trinajstić information content (AvgIpc) is 2.75. The highest BCUT2D eigenvalue weighted by Gasteiger charge is 2.15. The standard InChI is InChI=1S/C13H14FN3O2/c1-17-9(6-8-16-17)5-7-15-11-4-2-3-10(14)12(11)13(18)19/h2-4,6,8,15H,5,7H2,1H3,(H,18,19). The number of hydrogen-bond donors (Lipinski definition) is 2. The Morgan fingerprint density at radius 2 is 2.26 bits per heavy atom. The molecule has 0 spiro atoms. The van der Waals surface area contributed by atoms with Crippen LogP contribution in [0.3, 0.4) is 0 Å². The summed E-state index contributed by atoms with van der Waals surface area (Å²) in [6.07, 6.45) is 2.37. The van der Waals surface area contributed by atoms with Crippen LogP contribution in [-0.2, 0) is 13.5 Å². The Bertz CT molecular complexity index is 595. The van der Waals surface area contributed by atoms with E-state index in [1.165, 1.54) is 6.07 Å². The Balaban J connectivity index is 2.06. The number of anilines is 1. The van der Waals surface area contributed by atoms with Crippen LogP contribution in [0.15, 0.2) is 30.5 Å². The zero-order valence-corrected chi connectivity index (χ0v) is 10.4. The maximum Gasteiger partial charge on any atom is 0.340 e. The number of aromatic nitrogens is 2. The molecule has 0 radical (unpaired) electrons. The second-order valence-corrected chi connectivity index (χ2v) is 4.09. The molecular weight excluding hydrogens is 249 g/mol. The molecular formula is C13H14FN3O2. The van der Waals surface area contributed by atoms with E-state index in [1.807, 2.05) is 13.1 Å². The number of rotatable bonds is 5. The van der Waals surface area contributed by atoms with Crippen molar-refractivity contribution in [1.82, 2.24) is 9.78 Å². The molecule has 0 bridgehead atoms. The van der Waals surface area contributed by atoms with Crippen molar-refractivity contribution in [2.24, 2.45) is 7.05 Å². The number of benzene rings is 1. The molecule has 0 amide bonds. The van der Waals surface area contributed by atoms with E-state index >= 15 is 0 Å². The van der Waals surface area contributed by atoms with Gasteiger partial charge in [0.05, 0.1) is 5.69 Å². The summed E-state index contributed by atoms with van der Waals surface area (Å²) in [6.45, 7) is 0.503. The molecule has 1 aromatic heterocycles. The lowest BCUT2D eigenvalue weighted by molar-refractivity contribution is 0.0693. The number of halogens is 1. The fourth-order valence-corrected chi connectivity index (χ4v) is 1.86. The number of carboxylic acid groups (broad SMARTS) is 1. The second kappa shape index (κ2) is 5.51. The molecule has 0 aliphatic carbocycles. The van der Waals surface area contributed by atoms with Crippen molar-refractivity contribution in [2.45, 2.75) is 6.42 Å². The van der Waals surface area contributed by atoms with Crippen LogP contribution in [0.1, 0.15) is 16.1 Å². The zero-order chi connectivity index (χ0) is 13.8. The monoisotopic (exact) mass is 263 g/mol. The summed E-state index contributed by atoms with van der Waals surface area (Å²) in [4.78, 5) is 11.0. The first-order valence-electron chi connectivity index (χ1n) is 5.82. The molecule has 0 aliphatic heterocycles. The molecule has 19 heavy (non-hydrogen) atoms. The Morgan fingerprint density at radius 3 is 2.89 bits per heavy atom. The molecule has 0 unspecified atom stereocenters. The molecule has 0 saturated carbocycles. The molecule has 0 atom stereocenters. The summed E-state index contributed by atoms with van der Waals surface area (Å²) in [5, 5.41) is 16.0. The van der Waals surface area contributed by atoms with Crippen LogP contribution in [0, 0.1) is 5.82 Å². The van der Waals surface area contributed by atoms with Gasteiger partial charge >= 0.3 is 5.97 Å². The maximum atomic E-state index is 13.4. The minimum atomic E-state index is -1.28. The molecule has 1 aromatic carbocycles. The number of nitrogens with zero attached hydrogens (tertiary/aromatic N) is 2. The van der Waals surface area contributed by atoms with E-state index < -0.39 is 11.8 Å². The van der Waals surface area contributed by atoms with Gasteiger partial charge in [-0.3, -0.25) is 4.68 Å². The molecule has 5 nitrogen and oxygen atoms in total. The first-order chi connectivity index (χ1) is 9.09. The smallest absolute Gasteiger partial charge is 0.340 e. The van der Waals surface area contributed by atoms with E-state index in [0.29, 0.717) is 13.0 Å². The van der Waals surface area contributed by atoms with Gasteiger partial charge in [-0.05, 0) is 18.2 Å². The number of hydrogen-bond acceptors (Lipinski definition) is 3. The molecule has 100 valence electrons. The molecule has 1 heterocycles. The topological polar surface area (TPSA) is 67.2 Å². The molecule has 2 N–H and O–H groups in total. The van der Waals surface area contributed by atoms with Gasteiger partial charge in [-0.25, -0.2) is 9.18 Å². The van der Waals surface area contributed by atoms with E-state index in [1.54, 1.807) is 16.9 Å². The highest BCUT2D eigenvalue weighted by molar-refractivity contribution is 5.94. The summed E-state index contributed by atoms with van der Waals surface area (Å²) in [5.41, 5.74) is 0.975. The quantitative estimate of drug-likeness (QED) is 0.864. The maximum absolute atomic E-state index is 13.4. The van der Waals surface area contributed by atoms with Crippen molar-refractivity contribution in [3.8, 4) is 0 Å². The first kappa shape index (κ1) is 13.1. The third-order valence-electron chi connectivity index (χ3n) is 2.85. The van der Waals surface area contributed by atoms with Crippen molar-refractivity contribution >= 4 is 11.7 Å². The van der Waals surface area contributed by atoms with Gasteiger partial charge in [0.2, 0.25) is 0 Å². The van der Waals surface area contributed by atoms with Crippen LogP contribution in [-0.4, -0.2) is 27.4 Å². The Hall–Kier alpha value is -2.37. The van der Waals surface area contributed by atoms with E-state index in [9.17, 15) is 9.18 Å². The normalized spacial score (nSPS) is 10.4. The lowest BCUT2D eigenvalue weighted by Crippen LogP contribution is -2.12. The number of aryl methyl sites for hydroxylation is 1. The molecule has 2 rings (SSSR count). The highest BCUT2D eigenvalue weighted by Crippen LogP contribution is 2.18. The van der Waals surface area contributed by atoms with E-state index in [0.717, 1.165) is 11.8 Å². The molecule has 6 heteroatoms. The van der Waals surface area contributed by atoms with Crippen molar-refractivity contribution in [3.63, 3.8) is 0 Å². The third kappa shape index (κ3) is 2.90. The predicted molar refractivity (Wildman–Crippen MR) is 68.8 cm³/mol. The van der Waals surface area contributed by atoms with E-state index in [-0.39, 0.29) is 11.3 Å². The molecule has 2 aromatic rings. The van der Waals surface area contributed by atoms with Crippen molar-refractivity contribution in [2.75, 3.05) is 11.9 Å². The minimum absolute atomic E-state index is 0.287. The Morgan fingerprint density at radius 1 is 1.47 bits per heavy atom. The number of carboxylic acids is 1. The van der Waals surface area contributed by atoms with Crippen LogP contribution >= 0.6 is 0 Å². The number of carbonyl (C=O) groups is 1. The third-order valence-corrected chi connectivity index (χ3v) is 2.85. The SMILES string of the molecule is Cn1nccc1CCNc1cccc(F)c1C(=O)O. The largest absolute Gasteiger partial charge is 0.478 e. The van der Waals surface area contributed by atoms with Gasteiger partial charge < -0.3 is 10.4 Å². The Kier molecular flexibility index (Phi) is 3.79. The van der Waals surface area contributed by atoms with Gasteiger partial charge in [-0.1, -0.05) is 6.07 Å². The van der Waals surface area contributed by atoms with Crippen molar-refractivity contribution in [1.29, 1.82) is 0 Å². The fourth-order valence-electron chi connectivity index (χ4n) is 1.86. The van der Waals surface area contributed by atoms with Crippen molar-refractivity contribution in [3.05, 3.63) is 47.5 Å². The van der Waals surface area contributed by atoms with E-state index in [4.69, 9.17) is 5.11 Å². The van der Waals surface area contributed by atoms with Crippen LogP contribution in [0.2, 0.25) is 0 Å². The lowest BCUT2D eigenvalue weighted by atomic mass is 10.1. The summed E-state index contributed by atoms with van der Waals surface area (Å²) in [6, 6.07) is 6.05. The average molecular weight is 263 g/mol. The van der Waals surface area contributed by atoms with Gasteiger partial charge in [0.25, 0.3) is 0 Å². The fraction of sp³-hybridized carbons (Fsp3) is 0.231. The number of aromatic carboxylic acids is 1. The van der Waals surface area contributed by atoms with Gasteiger partial charge in [0.15, 0.2) is 0 Å². The zero-order valence-electron chi connectivity index (χ0n) is 10.4. The number of nitrogens with one attached hydrogen (secondary N) is 1. The predicted octanol–water partition coefficient (Wildman–Crippen LogP) is 1.91. The first-order valence-corrected chi connectivity index (χ1v) is 5.82. The van der Waals surface area contributed by atoms with Gasteiger partial charge in [0, 0.05) is 31.9 Å². The summed E-state index contributed by atoms with van der Waals surface area (Å²) in [7, 11) is 1.83. The van der Waals surface area contributed by atoms with Gasteiger partial charge in [-0.15, -0.1) is 0 Å². The molecule has 0 fully saturated rings. The van der Waals surface area contributed by atoms with Crippen LogP contribution < -0.4 is 5.32 Å². The van der Waals surface area contributed by atoms with Gasteiger partial charge in [0.1, 0.15) is 11.4 Å². The van der Waals surface area contributed by atoms with Crippen LogP contribution in [0.4, 0.5) is 10.1 Å². The van der Waals surface area contributed by atoms with Crippen molar-refractivity contribution < 1.29 is 14.3 Å². The molecule has 0 saturated heterocycles. The van der Waals surface area contributed by atoms with Crippen LogP contribution in [0.5, 0.6) is 0 Å². The Labute approximate surface area is 109 Å². The molecule has 0 aliphatic rings. The summed E-state index contributed by atoms with van der Waals surface area (Å²) < 4.78 is 15.2. The van der Waals surface area contributed by atoms with E-state index in [2.05, 4.69) is 10.4 Å². The lowest BCUT2D eigenvalue weighted by Gasteiger charge is -2.10. The summed E-state index contributed by atoms with van der Waals surface area (Å²) >= 11 is 0. The van der Waals surface area contributed by atoms with Gasteiger partial charge in [-0.2, -0.15) is 5.10 Å². The highest BCUT2D eigenvalue weighted by atomic mass is 19.1. The minimum Gasteiger partial charge on any atom is -0.478 e. The second-order valence-electron chi connectivity index (χ2n) is 4.09.